The molecule has 0 aliphatic carbocycles. The van der Waals surface area contributed by atoms with Crippen molar-refractivity contribution in [2.45, 2.75) is 6.92 Å². The molecule has 0 fully saturated rings. The van der Waals surface area contributed by atoms with Crippen molar-refractivity contribution in [1.82, 2.24) is 14.4 Å². The number of hydrogen-bond donors (Lipinski definition) is 1. The Morgan fingerprint density at radius 3 is 2.42 bits per heavy atom. The maximum Gasteiger partial charge on any atom is 0.196 e. The average Bonchev–Trinajstić information content (AvgIpc) is 3.36. The minimum atomic E-state index is 0.925. The van der Waals surface area contributed by atoms with E-state index in [2.05, 4.69) is 74.4 Å². The third-order valence-electron chi connectivity index (χ3n) is 5.35. The highest BCUT2D eigenvalue weighted by atomic mass is 32.1. The first-order chi connectivity index (χ1) is 15.1. The number of fused-ring (bicyclic) bond motifs is 1. The van der Waals surface area contributed by atoms with Gasteiger partial charge in [0.1, 0.15) is 11.5 Å². The van der Waals surface area contributed by atoms with Crippen molar-refractivity contribution < 1.29 is 0 Å². The summed E-state index contributed by atoms with van der Waals surface area (Å²) in [6.07, 6.45) is 1.82. The Hall–Kier alpha value is -3.64. The minimum Gasteiger partial charge on any atom is -0.378 e. The Bertz CT molecular complexity index is 1330. The summed E-state index contributed by atoms with van der Waals surface area (Å²) in [5.41, 5.74) is 7.36. The molecule has 0 bridgehead atoms. The van der Waals surface area contributed by atoms with E-state index < -0.39 is 0 Å². The normalized spacial score (nSPS) is 11.1. The summed E-state index contributed by atoms with van der Waals surface area (Å²) in [4.78, 5) is 12.6. The van der Waals surface area contributed by atoms with Crippen LogP contribution in [-0.2, 0) is 0 Å². The number of rotatable bonds is 5. The zero-order chi connectivity index (χ0) is 21.4. The lowest BCUT2D eigenvalue weighted by molar-refractivity contribution is 1.13. The van der Waals surface area contributed by atoms with Crippen LogP contribution in [0.5, 0.6) is 0 Å². The van der Waals surface area contributed by atoms with Crippen molar-refractivity contribution in [3.63, 3.8) is 0 Å². The van der Waals surface area contributed by atoms with Crippen LogP contribution in [-0.4, -0.2) is 28.5 Å². The molecule has 5 nitrogen and oxygen atoms in total. The molecule has 2 aromatic carbocycles. The lowest BCUT2D eigenvalue weighted by atomic mass is 10.1. The second-order valence-corrected chi connectivity index (χ2v) is 8.48. The predicted octanol–water partition coefficient (Wildman–Crippen LogP) is 6.24. The number of nitrogens with one attached hydrogen (secondary N) is 1. The third-order valence-corrected chi connectivity index (χ3v) is 6.17. The van der Waals surface area contributed by atoms with Gasteiger partial charge >= 0.3 is 0 Å². The van der Waals surface area contributed by atoms with Crippen molar-refractivity contribution in [3.05, 3.63) is 83.9 Å². The van der Waals surface area contributed by atoms with Crippen LogP contribution in [0.1, 0.15) is 5.56 Å². The monoisotopic (exact) mass is 425 g/mol. The lowest BCUT2D eigenvalue weighted by Crippen LogP contribution is -2.08. The SMILES string of the molecule is Cc1ccccc1Nc1c(-c2ccc(N(C)C)cc2)nc2scc(-c3ccccn3)n12. The van der Waals surface area contributed by atoms with Crippen molar-refractivity contribution in [3.8, 4) is 22.6 Å². The van der Waals surface area contributed by atoms with Gasteiger partial charge in [0.05, 0.1) is 11.4 Å². The Kier molecular flexibility index (Phi) is 4.92. The summed E-state index contributed by atoms with van der Waals surface area (Å²) in [5, 5.41) is 5.78. The first kappa shape index (κ1) is 19.3. The van der Waals surface area contributed by atoms with Crippen LogP contribution < -0.4 is 10.2 Å². The molecule has 1 N–H and O–H groups in total. The molecule has 3 aromatic heterocycles. The summed E-state index contributed by atoms with van der Waals surface area (Å²) in [7, 11) is 4.10. The zero-order valence-corrected chi connectivity index (χ0v) is 18.5. The molecule has 5 aromatic rings. The molecule has 5 rings (SSSR count). The molecule has 6 heteroatoms. The number of hydrogen-bond acceptors (Lipinski definition) is 5. The predicted molar refractivity (Wildman–Crippen MR) is 131 cm³/mol. The molecule has 0 atom stereocenters. The molecule has 0 saturated heterocycles. The van der Waals surface area contributed by atoms with E-state index in [1.54, 1.807) is 11.3 Å². The van der Waals surface area contributed by atoms with Gasteiger partial charge in [-0.15, -0.1) is 11.3 Å². The summed E-state index contributed by atoms with van der Waals surface area (Å²) in [6.45, 7) is 2.11. The van der Waals surface area contributed by atoms with Crippen LogP contribution in [0.4, 0.5) is 17.2 Å². The van der Waals surface area contributed by atoms with Crippen molar-refractivity contribution in [2.24, 2.45) is 0 Å². The Balaban J connectivity index is 1.71. The highest BCUT2D eigenvalue weighted by Gasteiger charge is 2.20. The van der Waals surface area contributed by atoms with Gasteiger partial charge < -0.3 is 10.2 Å². The molecule has 0 aliphatic rings. The Morgan fingerprint density at radius 2 is 1.71 bits per heavy atom. The summed E-state index contributed by atoms with van der Waals surface area (Å²) in [5.74, 6) is 0.948. The quantitative estimate of drug-likeness (QED) is 0.362. The summed E-state index contributed by atoms with van der Waals surface area (Å²) in [6, 6.07) is 22.8. The van der Waals surface area contributed by atoms with Crippen LogP contribution in [0.25, 0.3) is 27.6 Å². The van der Waals surface area contributed by atoms with Gasteiger partial charge in [0, 0.05) is 42.6 Å². The first-order valence-corrected chi connectivity index (χ1v) is 11.0. The Labute approximate surface area is 185 Å². The van der Waals surface area contributed by atoms with E-state index in [1.165, 1.54) is 5.56 Å². The Morgan fingerprint density at radius 1 is 0.935 bits per heavy atom. The van der Waals surface area contributed by atoms with Gasteiger partial charge in [-0.25, -0.2) is 4.98 Å². The van der Waals surface area contributed by atoms with Gasteiger partial charge in [-0.2, -0.15) is 0 Å². The van der Waals surface area contributed by atoms with E-state index in [9.17, 15) is 0 Å². The minimum absolute atomic E-state index is 0.925. The molecule has 0 aliphatic heterocycles. The van der Waals surface area contributed by atoms with Gasteiger partial charge in [-0.3, -0.25) is 9.38 Å². The van der Waals surface area contributed by atoms with E-state index in [-0.39, 0.29) is 0 Å². The van der Waals surface area contributed by atoms with Gasteiger partial charge in [0.15, 0.2) is 4.96 Å². The third kappa shape index (κ3) is 3.55. The molecule has 0 spiro atoms. The molecular weight excluding hydrogens is 402 g/mol. The smallest absolute Gasteiger partial charge is 0.196 e. The number of pyridine rings is 1. The fourth-order valence-corrected chi connectivity index (χ4v) is 4.51. The number of aryl methyl sites for hydroxylation is 1. The maximum atomic E-state index is 5.01. The van der Waals surface area contributed by atoms with E-state index in [4.69, 9.17) is 4.98 Å². The van der Waals surface area contributed by atoms with Crippen LogP contribution in [0.15, 0.2) is 78.3 Å². The molecule has 154 valence electrons. The molecule has 3 heterocycles. The molecule has 31 heavy (non-hydrogen) atoms. The number of benzene rings is 2. The van der Waals surface area contributed by atoms with Gasteiger partial charge in [0.25, 0.3) is 0 Å². The fraction of sp³-hybridized carbons (Fsp3) is 0.120. The zero-order valence-electron chi connectivity index (χ0n) is 17.7. The van der Waals surface area contributed by atoms with Crippen LogP contribution in [0.2, 0.25) is 0 Å². The summed E-state index contributed by atoms with van der Waals surface area (Å²) >= 11 is 1.62. The highest BCUT2D eigenvalue weighted by Crippen LogP contribution is 2.37. The number of nitrogens with zero attached hydrogens (tertiary/aromatic N) is 4. The van der Waals surface area contributed by atoms with E-state index in [0.29, 0.717) is 0 Å². The maximum absolute atomic E-state index is 5.01. The van der Waals surface area contributed by atoms with Crippen LogP contribution in [0, 0.1) is 6.92 Å². The van der Waals surface area contributed by atoms with Gasteiger partial charge in [-0.05, 0) is 42.8 Å². The molecule has 0 saturated carbocycles. The number of aromatic nitrogens is 3. The second-order valence-electron chi connectivity index (χ2n) is 7.64. The molecule has 0 amide bonds. The van der Waals surface area contributed by atoms with E-state index in [1.807, 2.05) is 44.6 Å². The lowest BCUT2D eigenvalue weighted by Gasteiger charge is -2.14. The second kappa shape index (κ2) is 7.89. The largest absolute Gasteiger partial charge is 0.378 e. The molecule has 0 unspecified atom stereocenters. The van der Waals surface area contributed by atoms with E-state index >= 15 is 0 Å². The fourth-order valence-electron chi connectivity index (χ4n) is 3.63. The first-order valence-electron chi connectivity index (χ1n) is 10.1. The number of thiazole rings is 1. The summed E-state index contributed by atoms with van der Waals surface area (Å²) < 4.78 is 2.18. The highest BCUT2D eigenvalue weighted by molar-refractivity contribution is 7.15. The molecular formula is C25H23N5S. The van der Waals surface area contributed by atoms with Crippen molar-refractivity contribution in [2.75, 3.05) is 24.3 Å². The van der Waals surface area contributed by atoms with Gasteiger partial charge in [-0.1, -0.05) is 36.4 Å². The van der Waals surface area contributed by atoms with E-state index in [0.717, 1.165) is 44.8 Å². The topological polar surface area (TPSA) is 45.5 Å². The van der Waals surface area contributed by atoms with Crippen molar-refractivity contribution in [1.29, 1.82) is 0 Å². The average molecular weight is 426 g/mol. The van der Waals surface area contributed by atoms with Crippen LogP contribution >= 0.6 is 11.3 Å². The number of anilines is 3. The van der Waals surface area contributed by atoms with Crippen molar-refractivity contribution >= 4 is 33.5 Å². The van der Waals surface area contributed by atoms with Crippen LogP contribution in [0.3, 0.4) is 0 Å². The number of para-hydroxylation sites is 1. The number of imidazole rings is 1. The standard InChI is InChI=1S/C25H23N5S/c1-17-8-4-5-9-20(17)27-24-23(18-11-13-19(14-12-18)29(2)3)28-25-30(24)22(16-31-25)21-10-6-7-15-26-21/h4-16,27H,1-3H3. The van der Waals surface area contributed by atoms with Gasteiger partial charge in [0.2, 0.25) is 0 Å². The molecule has 0 radical (unpaired) electrons.